The molecule has 0 aliphatic heterocycles. The molecule has 18 heavy (non-hydrogen) atoms. The Bertz CT molecular complexity index is 204. The van der Waals surface area contributed by atoms with Gasteiger partial charge in [0.1, 0.15) is 0 Å². The summed E-state index contributed by atoms with van der Waals surface area (Å²) in [6, 6.07) is 0. The first kappa shape index (κ1) is 28.0. The van der Waals surface area contributed by atoms with Gasteiger partial charge in [-0.15, -0.1) is 0 Å². The Morgan fingerprint density at radius 2 is 1.06 bits per heavy atom. The molecule has 0 spiro atoms. The zero-order valence-corrected chi connectivity index (χ0v) is 17.2. The minimum absolute atomic E-state index is 0. The molecule has 4 nitrogen and oxygen atoms in total. The molecule has 8 heteroatoms. The van der Waals surface area contributed by atoms with Crippen molar-refractivity contribution in [3.05, 3.63) is 0 Å². The minimum atomic E-state index is -0.456. The second-order valence-electron chi connectivity index (χ2n) is 2.82. The Morgan fingerprint density at radius 3 is 1.17 bits per heavy atom. The molecule has 0 rings (SSSR count). The van der Waals surface area contributed by atoms with Crippen molar-refractivity contribution in [2.75, 3.05) is 14.2 Å². The Hall–Kier alpha value is 1.71. The number of esters is 2. The van der Waals surface area contributed by atoms with Crippen LogP contribution in [0.15, 0.2) is 0 Å². The van der Waals surface area contributed by atoms with Gasteiger partial charge in [-0.2, -0.15) is 0 Å². The van der Waals surface area contributed by atoms with Gasteiger partial charge in [0.2, 0.25) is 0 Å². The first-order valence-corrected chi connectivity index (χ1v) is 17.7. The van der Waals surface area contributed by atoms with Crippen LogP contribution in [-0.2, 0) is 24.0 Å². The van der Waals surface area contributed by atoms with E-state index in [0.29, 0.717) is 0 Å². The number of methoxy groups -OCH3 is 2. The van der Waals surface area contributed by atoms with Gasteiger partial charge < -0.3 is 9.47 Å². The van der Waals surface area contributed by atoms with Crippen molar-refractivity contribution in [3.63, 3.8) is 0 Å². The van der Waals surface area contributed by atoms with Crippen LogP contribution in [0.3, 0.4) is 0 Å². The predicted molar refractivity (Wildman–Crippen MR) is 97.9 cm³/mol. The van der Waals surface area contributed by atoms with Crippen LogP contribution in [0.5, 0.6) is 0 Å². The third-order valence-electron chi connectivity index (χ3n) is 1.90. The number of hydrogen-bond donors (Lipinski definition) is 0. The fraction of sp³-hybridized carbons (Fsp3) is 0.800. The Kier molecular flexibility index (Phi) is 26.0. The molecule has 0 bridgehead atoms. The molecule has 0 fully saturated rings. The first-order chi connectivity index (χ1) is 7.27. The molecule has 0 amide bonds. The van der Waals surface area contributed by atoms with Crippen molar-refractivity contribution in [1.82, 2.24) is 0 Å². The molecule has 0 saturated carbocycles. The van der Waals surface area contributed by atoms with Crippen LogP contribution in [-0.4, -0.2) is 26.2 Å². The SMILES string of the molecule is C.C.COC(=O)C(C)C(C)C(=O)OC.[I][V]([I])[I]. The van der Waals surface area contributed by atoms with E-state index in [9.17, 15) is 9.59 Å². The molecule has 0 aliphatic carbocycles. The van der Waals surface area contributed by atoms with Crippen molar-refractivity contribution >= 4 is 71.9 Å². The topological polar surface area (TPSA) is 52.6 Å². The van der Waals surface area contributed by atoms with Crippen molar-refractivity contribution in [1.29, 1.82) is 0 Å². The van der Waals surface area contributed by atoms with Gasteiger partial charge in [-0.25, -0.2) is 0 Å². The van der Waals surface area contributed by atoms with E-state index in [4.69, 9.17) is 0 Å². The van der Waals surface area contributed by atoms with E-state index >= 15 is 0 Å². The second kappa shape index (κ2) is 16.8. The summed E-state index contributed by atoms with van der Waals surface area (Å²) < 4.78 is 8.96. The summed E-state index contributed by atoms with van der Waals surface area (Å²) in [5.41, 5.74) is 0. The molecule has 112 valence electrons. The van der Waals surface area contributed by atoms with Crippen LogP contribution in [0.4, 0.5) is 0 Å². The molecular weight excluding hydrogens is 616 g/mol. The number of carbonyl (C=O) groups excluding carboxylic acids is 2. The van der Waals surface area contributed by atoms with Crippen LogP contribution < -0.4 is 0 Å². The van der Waals surface area contributed by atoms with E-state index in [2.05, 4.69) is 69.4 Å². The summed E-state index contributed by atoms with van der Waals surface area (Å²) in [6.07, 6.45) is 0. The molecule has 0 N–H and O–H groups in total. The quantitative estimate of drug-likeness (QED) is 0.337. The number of halogens is 3. The van der Waals surface area contributed by atoms with Crippen LogP contribution >= 0.6 is 59.9 Å². The predicted octanol–water partition coefficient (Wildman–Crippen LogP) is 4.53. The Labute approximate surface area is 148 Å². The molecule has 2 atom stereocenters. The summed E-state index contributed by atoms with van der Waals surface area (Å²) in [4.78, 5) is 21.6. The second-order valence-corrected chi connectivity index (χ2v) is 38.2. The molecule has 0 aliphatic rings. The van der Waals surface area contributed by atoms with Crippen molar-refractivity contribution < 1.29 is 24.0 Å². The average molecular weight is 638 g/mol. The van der Waals surface area contributed by atoms with Gasteiger partial charge in [-0.3, -0.25) is 9.59 Å². The van der Waals surface area contributed by atoms with E-state index in [-0.39, 0.29) is 19.8 Å². The molecule has 0 radical (unpaired) electrons. The van der Waals surface area contributed by atoms with Gasteiger partial charge in [-0.1, -0.05) is 28.7 Å². The van der Waals surface area contributed by atoms with Gasteiger partial charge in [-0.05, 0) is 0 Å². The fourth-order valence-electron chi connectivity index (χ4n) is 0.780. The van der Waals surface area contributed by atoms with Gasteiger partial charge in [0.15, 0.2) is 0 Å². The standard InChI is InChI=1S/C8H14O4.2CH4.3HI.V/c1-5(7(9)11-3)6(2)8(10)12-4;;;;;;/h5-6H,1-4H3;2*1H4;3*1H;/q;;;;;;+3/p-3. The summed E-state index contributed by atoms with van der Waals surface area (Å²) in [5, 5.41) is 0. The Morgan fingerprint density at radius 1 is 0.889 bits per heavy atom. The zero-order chi connectivity index (χ0) is 13.3. The Balaban J connectivity index is -0.000000143. The summed E-state index contributed by atoms with van der Waals surface area (Å²) >= 11 is 7.39. The normalized spacial score (nSPS) is 11.8. The summed E-state index contributed by atoms with van der Waals surface area (Å²) in [6.45, 7) is 3.26. The van der Waals surface area contributed by atoms with Crippen LogP contribution in [0, 0.1) is 11.8 Å². The molecule has 2 unspecified atom stereocenters. The molecule has 0 aromatic carbocycles. The maximum atomic E-state index is 10.9. The third-order valence-corrected chi connectivity index (χ3v) is 1.90. The number of hydrogen-bond acceptors (Lipinski definition) is 4. The molecule has 0 saturated heterocycles. The number of carbonyl (C=O) groups is 2. The van der Waals surface area contributed by atoms with E-state index in [0.717, 1.165) is 0 Å². The maximum absolute atomic E-state index is 10.9. The van der Waals surface area contributed by atoms with Gasteiger partial charge >= 0.3 is 76.8 Å². The van der Waals surface area contributed by atoms with Gasteiger partial charge in [0, 0.05) is 0 Å². The van der Waals surface area contributed by atoms with Gasteiger partial charge in [0.25, 0.3) is 0 Å². The van der Waals surface area contributed by atoms with Crippen molar-refractivity contribution in [2.45, 2.75) is 28.7 Å². The molecule has 0 aromatic heterocycles. The molecule has 0 heterocycles. The average Bonchev–Trinajstić information content (AvgIpc) is 2.24. The molecular formula is C10H22I3O4V. The van der Waals surface area contributed by atoms with E-state index < -0.39 is 23.8 Å². The van der Waals surface area contributed by atoms with Crippen LogP contribution in [0.1, 0.15) is 28.7 Å². The molecule has 0 aromatic rings. The summed E-state index contributed by atoms with van der Waals surface area (Å²) in [5.74, 6) is -1.70. The fourth-order valence-corrected chi connectivity index (χ4v) is 0.780. The third kappa shape index (κ3) is 15.8. The zero-order valence-electron chi connectivity index (χ0n) is 9.37. The van der Waals surface area contributed by atoms with Gasteiger partial charge in [0.05, 0.1) is 26.1 Å². The van der Waals surface area contributed by atoms with Crippen molar-refractivity contribution in [2.24, 2.45) is 11.8 Å². The van der Waals surface area contributed by atoms with Crippen LogP contribution in [0.25, 0.3) is 0 Å². The van der Waals surface area contributed by atoms with E-state index in [1.807, 2.05) is 0 Å². The van der Waals surface area contributed by atoms with Crippen molar-refractivity contribution in [3.8, 4) is 0 Å². The van der Waals surface area contributed by atoms with E-state index in [1.54, 1.807) is 13.8 Å². The summed E-state index contributed by atoms with van der Waals surface area (Å²) in [7, 11) is 2.59. The first-order valence-electron chi connectivity index (χ1n) is 4.21. The van der Waals surface area contributed by atoms with Crippen LogP contribution in [0.2, 0.25) is 0 Å². The monoisotopic (exact) mass is 638 g/mol. The van der Waals surface area contributed by atoms with E-state index in [1.165, 1.54) is 14.2 Å². The number of rotatable bonds is 3. The number of ether oxygens (including phenoxy) is 2.